The Bertz CT molecular complexity index is 1570. The molecule has 1 unspecified atom stereocenters. The van der Waals surface area contributed by atoms with Crippen LogP contribution >= 0.6 is 11.8 Å². The van der Waals surface area contributed by atoms with Gasteiger partial charge in [0.25, 0.3) is 0 Å². The maximum Gasteiger partial charge on any atom is 0.510 e. The van der Waals surface area contributed by atoms with Crippen molar-refractivity contribution in [3.63, 3.8) is 0 Å². The van der Waals surface area contributed by atoms with E-state index in [4.69, 9.17) is 9.47 Å². The largest absolute Gasteiger partial charge is 0.510 e. The molecule has 2 aromatic carbocycles. The Hall–Kier alpha value is -3.66. The van der Waals surface area contributed by atoms with Crippen LogP contribution in [-0.2, 0) is 15.2 Å². The van der Waals surface area contributed by atoms with E-state index in [9.17, 15) is 18.8 Å². The van der Waals surface area contributed by atoms with E-state index in [0.717, 1.165) is 30.1 Å². The third-order valence-electron chi connectivity index (χ3n) is 8.27. The standard InChI is InChI=1S/C30H27F2NO6S/c1-37-29(36)39-16-38-27-22(34)10-14-33-21(6-4-11-30(12-13-30)28(35)26(27)33)24-17-8-9-20(31)25(32)19(17)15-40-23-7-3-2-5-18(23)24/h2-3,5,7-10,14,21,24H,4,6,11-13,15-16H2,1H3/t21?,24-/m0/s1. The maximum atomic E-state index is 15.2. The highest BCUT2D eigenvalue weighted by molar-refractivity contribution is 7.98. The molecule has 3 aliphatic rings. The number of carbonyl (C=O) groups is 2. The number of aromatic nitrogens is 1. The fourth-order valence-corrected chi connectivity index (χ4v) is 7.25. The minimum absolute atomic E-state index is 0.113. The highest BCUT2D eigenvalue weighted by Gasteiger charge is 2.52. The van der Waals surface area contributed by atoms with E-state index >= 15 is 4.39 Å². The summed E-state index contributed by atoms with van der Waals surface area (Å²) in [6, 6.07) is 11.5. The lowest BCUT2D eigenvalue weighted by atomic mass is 9.78. The molecule has 40 heavy (non-hydrogen) atoms. The highest BCUT2D eigenvalue weighted by Crippen LogP contribution is 2.56. The van der Waals surface area contributed by atoms with Gasteiger partial charge in [-0.3, -0.25) is 9.59 Å². The number of ketones is 1. The minimum atomic E-state index is -0.986. The van der Waals surface area contributed by atoms with E-state index in [1.807, 2.05) is 24.3 Å². The molecule has 0 saturated heterocycles. The quantitative estimate of drug-likeness (QED) is 0.268. The summed E-state index contributed by atoms with van der Waals surface area (Å²) in [6.45, 7) is -0.611. The number of hydrogen-bond acceptors (Lipinski definition) is 7. The number of thioether (sulfide) groups is 1. The third-order valence-corrected chi connectivity index (χ3v) is 9.39. The summed E-state index contributed by atoms with van der Waals surface area (Å²) in [6.07, 6.45) is 4.06. The molecule has 10 heteroatoms. The first kappa shape index (κ1) is 26.6. The number of benzene rings is 2. The predicted octanol–water partition coefficient (Wildman–Crippen LogP) is 6.37. The number of ether oxygens (including phenoxy) is 3. The lowest BCUT2D eigenvalue weighted by Gasteiger charge is -2.36. The summed E-state index contributed by atoms with van der Waals surface area (Å²) in [5.74, 6) is -2.33. The number of carbonyl (C=O) groups excluding carboxylic acids is 2. The van der Waals surface area contributed by atoms with Crippen LogP contribution in [0.15, 0.2) is 58.4 Å². The van der Waals surface area contributed by atoms with Crippen molar-refractivity contribution in [3.05, 3.63) is 92.9 Å². The van der Waals surface area contributed by atoms with Crippen LogP contribution < -0.4 is 10.2 Å². The fraction of sp³-hybridized carbons (Fsp3) is 0.367. The van der Waals surface area contributed by atoms with Crippen LogP contribution in [0.3, 0.4) is 0 Å². The lowest BCUT2D eigenvalue weighted by Crippen LogP contribution is -2.33. The summed E-state index contributed by atoms with van der Waals surface area (Å²) in [4.78, 5) is 39.6. The Labute approximate surface area is 233 Å². The molecular weight excluding hydrogens is 540 g/mol. The minimum Gasteiger partial charge on any atom is -0.451 e. The molecule has 208 valence electrons. The van der Waals surface area contributed by atoms with Crippen molar-refractivity contribution in [3.8, 4) is 5.75 Å². The average Bonchev–Trinajstić information content (AvgIpc) is 3.77. The van der Waals surface area contributed by atoms with Gasteiger partial charge in [-0.25, -0.2) is 13.6 Å². The van der Waals surface area contributed by atoms with Gasteiger partial charge in [0.15, 0.2) is 23.2 Å². The number of Topliss-reactive ketones (excluding diaryl/α,β-unsaturated/α-hetero) is 1. The highest BCUT2D eigenvalue weighted by atomic mass is 32.2. The van der Waals surface area contributed by atoms with Gasteiger partial charge in [-0.1, -0.05) is 30.7 Å². The zero-order valence-electron chi connectivity index (χ0n) is 21.8. The SMILES string of the molecule is COC(=O)OCOc1c2n(ccc1=O)C([C@@H]1c3ccccc3SCc3c1ccc(F)c3F)CCCC1(CC1)C2=O. The van der Waals surface area contributed by atoms with Crippen molar-refractivity contribution in [2.75, 3.05) is 13.9 Å². The number of fused-ring (bicyclic) bond motifs is 3. The summed E-state index contributed by atoms with van der Waals surface area (Å²) in [5.41, 5.74) is 0.917. The molecule has 1 fully saturated rings. The van der Waals surface area contributed by atoms with Crippen molar-refractivity contribution in [2.45, 2.75) is 54.7 Å². The topological polar surface area (TPSA) is 83.8 Å². The van der Waals surface area contributed by atoms with Gasteiger partial charge in [-0.2, -0.15) is 0 Å². The second-order valence-electron chi connectivity index (χ2n) is 10.4. The molecule has 0 radical (unpaired) electrons. The van der Waals surface area contributed by atoms with Crippen LogP contribution in [0.2, 0.25) is 0 Å². The number of hydrogen-bond donors (Lipinski definition) is 0. The van der Waals surface area contributed by atoms with Crippen molar-refractivity contribution in [2.24, 2.45) is 5.41 Å². The van der Waals surface area contributed by atoms with E-state index < -0.39 is 47.4 Å². The van der Waals surface area contributed by atoms with Crippen molar-refractivity contribution < 1.29 is 32.6 Å². The Morgan fingerprint density at radius 3 is 2.65 bits per heavy atom. The van der Waals surface area contributed by atoms with E-state index in [1.165, 1.54) is 17.8 Å². The van der Waals surface area contributed by atoms with E-state index in [0.29, 0.717) is 36.8 Å². The van der Waals surface area contributed by atoms with Gasteiger partial charge in [0.2, 0.25) is 12.2 Å². The molecule has 3 aromatic rings. The van der Waals surface area contributed by atoms with Gasteiger partial charge in [-0.05, 0) is 48.9 Å². The molecule has 7 nitrogen and oxygen atoms in total. The third kappa shape index (κ3) is 4.48. The summed E-state index contributed by atoms with van der Waals surface area (Å²) in [5, 5.41) is 0. The van der Waals surface area contributed by atoms with Crippen molar-refractivity contribution >= 4 is 23.7 Å². The molecule has 1 aliphatic carbocycles. The number of nitrogens with zero attached hydrogens (tertiary/aromatic N) is 1. The number of rotatable bonds is 4. The van der Waals surface area contributed by atoms with Gasteiger partial charge in [0, 0.05) is 45.8 Å². The Morgan fingerprint density at radius 2 is 1.88 bits per heavy atom. The van der Waals surface area contributed by atoms with E-state index in [1.54, 1.807) is 16.8 Å². The average molecular weight is 568 g/mol. The summed E-state index contributed by atoms with van der Waals surface area (Å²) in [7, 11) is 1.15. The zero-order chi connectivity index (χ0) is 28.0. The second kappa shape index (κ2) is 10.4. The van der Waals surface area contributed by atoms with Crippen LogP contribution in [0.4, 0.5) is 13.6 Å². The van der Waals surface area contributed by atoms with Crippen molar-refractivity contribution in [1.29, 1.82) is 0 Å². The first-order valence-corrected chi connectivity index (χ1v) is 14.1. The zero-order valence-corrected chi connectivity index (χ0v) is 22.6. The molecule has 0 bridgehead atoms. The number of halogens is 2. The molecule has 0 N–H and O–H groups in total. The van der Waals surface area contributed by atoms with E-state index in [2.05, 4.69) is 4.74 Å². The molecule has 0 amide bonds. The van der Waals surface area contributed by atoms with Crippen molar-refractivity contribution in [1.82, 2.24) is 4.57 Å². The molecule has 6 rings (SSSR count). The van der Waals surface area contributed by atoms with Gasteiger partial charge < -0.3 is 18.8 Å². The lowest BCUT2D eigenvalue weighted by molar-refractivity contribution is 0.0138. The normalized spacial score (nSPS) is 20.7. The Kier molecular flexibility index (Phi) is 6.90. The first-order valence-electron chi connectivity index (χ1n) is 13.2. The molecule has 3 heterocycles. The molecular formula is C30H27F2NO6S. The first-order chi connectivity index (χ1) is 19.3. The molecule has 2 atom stereocenters. The Balaban J connectivity index is 1.55. The summed E-state index contributed by atoms with van der Waals surface area (Å²) < 4.78 is 46.4. The molecule has 1 aromatic heterocycles. The van der Waals surface area contributed by atoms with Gasteiger partial charge in [-0.15, -0.1) is 11.8 Å². The fourth-order valence-electron chi connectivity index (χ4n) is 6.12. The van der Waals surface area contributed by atoms with Crippen LogP contribution in [0.5, 0.6) is 5.75 Å². The summed E-state index contributed by atoms with van der Waals surface area (Å²) >= 11 is 1.45. The number of methoxy groups -OCH3 is 1. The predicted molar refractivity (Wildman–Crippen MR) is 143 cm³/mol. The Morgan fingerprint density at radius 1 is 1.07 bits per heavy atom. The maximum absolute atomic E-state index is 15.2. The van der Waals surface area contributed by atoms with Crippen LogP contribution in [0.1, 0.15) is 71.2 Å². The van der Waals surface area contributed by atoms with E-state index in [-0.39, 0.29) is 23.0 Å². The smallest absolute Gasteiger partial charge is 0.451 e. The number of pyridine rings is 1. The molecule has 1 saturated carbocycles. The molecule has 1 spiro atoms. The molecule has 2 aliphatic heterocycles. The van der Waals surface area contributed by atoms with Gasteiger partial charge in [0.05, 0.1) is 7.11 Å². The monoisotopic (exact) mass is 567 g/mol. The van der Waals surface area contributed by atoms with Crippen LogP contribution in [0, 0.1) is 17.0 Å². The van der Waals surface area contributed by atoms with Crippen LogP contribution in [0.25, 0.3) is 0 Å². The van der Waals surface area contributed by atoms with Gasteiger partial charge in [0.1, 0.15) is 5.69 Å². The van der Waals surface area contributed by atoms with Crippen LogP contribution in [-0.4, -0.2) is 30.4 Å². The second-order valence-corrected chi connectivity index (χ2v) is 11.4. The van der Waals surface area contributed by atoms with Gasteiger partial charge >= 0.3 is 6.16 Å².